The lowest BCUT2D eigenvalue weighted by Crippen LogP contribution is -1.97. The van der Waals surface area contributed by atoms with Crippen LogP contribution in [0.25, 0.3) is 11.0 Å². The summed E-state index contributed by atoms with van der Waals surface area (Å²) in [7, 11) is 0. The van der Waals surface area contributed by atoms with Gasteiger partial charge in [0.1, 0.15) is 22.4 Å². The molecule has 0 spiro atoms. The van der Waals surface area contributed by atoms with Gasteiger partial charge in [0, 0.05) is 0 Å². The van der Waals surface area contributed by atoms with Crippen molar-refractivity contribution in [1.82, 2.24) is 19.9 Å². The highest BCUT2D eigenvalue weighted by Crippen LogP contribution is 2.13. The van der Waals surface area contributed by atoms with Gasteiger partial charge in [-0.2, -0.15) is 0 Å². The van der Waals surface area contributed by atoms with E-state index in [1.807, 2.05) is 0 Å². The minimum atomic E-state index is 0.345. The molecule has 5 nitrogen and oxygen atoms in total. The van der Waals surface area contributed by atoms with Gasteiger partial charge in [0.15, 0.2) is 4.77 Å². The lowest BCUT2D eigenvalue weighted by Gasteiger charge is -1.98. The largest absolute Gasteiger partial charge is 0.383 e. The molecule has 2 rings (SSSR count). The van der Waals surface area contributed by atoms with Crippen LogP contribution >= 0.6 is 24.4 Å². The third-order valence-electron chi connectivity index (χ3n) is 1.56. The van der Waals surface area contributed by atoms with Crippen LogP contribution in [0.5, 0.6) is 0 Å². The number of rotatable bonds is 0. The second-order valence-corrected chi connectivity index (χ2v) is 3.21. The highest BCUT2D eigenvalue weighted by atomic mass is 32.1. The van der Waals surface area contributed by atoms with Gasteiger partial charge >= 0.3 is 0 Å². The first-order valence-electron chi connectivity index (χ1n) is 3.41. The molecule has 4 N–H and O–H groups in total. The van der Waals surface area contributed by atoms with Crippen LogP contribution in [-0.4, -0.2) is 19.9 Å². The quantitative estimate of drug-likeness (QED) is 0.572. The zero-order valence-electron chi connectivity index (χ0n) is 6.37. The Morgan fingerprint density at radius 2 is 2.00 bits per heavy atom. The van der Waals surface area contributed by atoms with Crippen molar-refractivity contribution in [2.24, 2.45) is 0 Å². The second kappa shape index (κ2) is 2.86. The Kier molecular flexibility index (Phi) is 1.82. The number of fused-ring (bicyclic) bond motifs is 1. The number of nitrogens with one attached hydrogen (secondary N) is 2. The van der Waals surface area contributed by atoms with Crippen molar-refractivity contribution >= 4 is 41.3 Å². The Hall–Kier alpha value is -1.34. The molecule has 13 heavy (non-hydrogen) atoms. The summed E-state index contributed by atoms with van der Waals surface area (Å²) >= 11 is 9.92. The van der Waals surface area contributed by atoms with Gasteiger partial charge in [-0.3, -0.25) is 0 Å². The van der Waals surface area contributed by atoms with E-state index < -0.39 is 0 Å². The highest BCUT2D eigenvalue weighted by Gasteiger charge is 2.01. The van der Waals surface area contributed by atoms with Crippen molar-refractivity contribution in [2.45, 2.75) is 0 Å². The summed E-state index contributed by atoms with van der Waals surface area (Å²) in [6.07, 6.45) is 1.36. The van der Waals surface area contributed by atoms with Crippen molar-refractivity contribution in [3.63, 3.8) is 0 Å². The van der Waals surface area contributed by atoms with E-state index in [4.69, 9.17) is 30.2 Å². The van der Waals surface area contributed by atoms with Gasteiger partial charge < -0.3 is 15.7 Å². The summed E-state index contributed by atoms with van der Waals surface area (Å²) in [5.74, 6) is 0.345. The Balaban J connectivity index is 3.12. The number of aromatic amines is 2. The van der Waals surface area contributed by atoms with Crippen LogP contribution in [0.1, 0.15) is 0 Å². The molecule has 66 valence electrons. The molecule has 0 aliphatic carbocycles. The van der Waals surface area contributed by atoms with Gasteiger partial charge in [-0.05, 0) is 12.2 Å². The maximum absolute atomic E-state index is 5.62. The SMILES string of the molecule is Nc1ncnc2[nH]c(=S)[nH]c(=S)c12. The van der Waals surface area contributed by atoms with Crippen LogP contribution < -0.4 is 5.73 Å². The fourth-order valence-electron chi connectivity index (χ4n) is 1.02. The predicted molar refractivity (Wildman–Crippen MR) is 54.3 cm³/mol. The summed E-state index contributed by atoms with van der Waals surface area (Å²) in [5, 5.41) is 0.603. The van der Waals surface area contributed by atoms with E-state index in [-0.39, 0.29) is 0 Å². The first-order chi connectivity index (χ1) is 6.18. The molecule has 0 aliphatic rings. The topological polar surface area (TPSA) is 83.4 Å². The monoisotopic (exact) mass is 211 g/mol. The first kappa shape index (κ1) is 8.27. The summed E-state index contributed by atoms with van der Waals surface area (Å²) in [5.41, 5.74) is 6.17. The molecule has 2 heterocycles. The Bertz CT molecular complexity index is 569. The molecule has 2 aromatic heterocycles. The predicted octanol–water partition coefficient (Wildman–Crippen LogP) is 1.33. The number of anilines is 1. The number of nitrogen functional groups attached to an aromatic ring is 1. The highest BCUT2D eigenvalue weighted by molar-refractivity contribution is 7.72. The summed E-state index contributed by atoms with van der Waals surface area (Å²) < 4.78 is 0.882. The molecule has 0 saturated carbocycles. The van der Waals surface area contributed by atoms with E-state index in [9.17, 15) is 0 Å². The average molecular weight is 211 g/mol. The van der Waals surface area contributed by atoms with Crippen LogP contribution in [0.4, 0.5) is 5.82 Å². The molecule has 0 radical (unpaired) electrons. The molecule has 0 unspecified atom stereocenters. The van der Waals surface area contributed by atoms with Gasteiger partial charge in [0.05, 0.1) is 5.39 Å². The van der Waals surface area contributed by atoms with E-state index >= 15 is 0 Å². The number of hydrogen-bond donors (Lipinski definition) is 3. The third kappa shape index (κ3) is 1.31. The van der Waals surface area contributed by atoms with Gasteiger partial charge in [-0.25, -0.2) is 9.97 Å². The van der Waals surface area contributed by atoms with Crippen molar-refractivity contribution < 1.29 is 0 Å². The molecule has 0 saturated heterocycles. The average Bonchev–Trinajstić information content (AvgIpc) is 2.02. The Labute approximate surface area is 83.0 Å². The minimum Gasteiger partial charge on any atom is -0.383 e. The third-order valence-corrected chi connectivity index (χ3v) is 2.07. The van der Waals surface area contributed by atoms with Crippen molar-refractivity contribution in [3.8, 4) is 0 Å². The summed E-state index contributed by atoms with van der Waals surface area (Å²) in [6, 6.07) is 0. The number of hydrogen-bond acceptors (Lipinski definition) is 5. The van der Waals surface area contributed by atoms with Crippen LogP contribution in [0, 0.1) is 9.41 Å². The van der Waals surface area contributed by atoms with Crippen molar-refractivity contribution in [3.05, 3.63) is 15.7 Å². The van der Waals surface area contributed by atoms with Crippen LogP contribution in [0.2, 0.25) is 0 Å². The number of nitrogens with two attached hydrogens (primary N) is 1. The molecular formula is C6H5N5S2. The Morgan fingerprint density at radius 3 is 2.77 bits per heavy atom. The first-order valence-corrected chi connectivity index (χ1v) is 4.23. The number of aromatic nitrogens is 4. The van der Waals surface area contributed by atoms with Gasteiger partial charge in [-0.15, -0.1) is 0 Å². The maximum Gasteiger partial charge on any atom is 0.177 e. The van der Waals surface area contributed by atoms with Gasteiger partial charge in [0.2, 0.25) is 0 Å². The molecule has 0 atom stereocenters. The Morgan fingerprint density at radius 1 is 1.23 bits per heavy atom. The van der Waals surface area contributed by atoms with Crippen molar-refractivity contribution in [2.75, 3.05) is 5.73 Å². The van der Waals surface area contributed by atoms with E-state index in [1.54, 1.807) is 0 Å². The van der Waals surface area contributed by atoms with Crippen molar-refractivity contribution in [1.29, 1.82) is 0 Å². The summed E-state index contributed by atoms with van der Waals surface area (Å²) in [4.78, 5) is 13.4. The maximum atomic E-state index is 5.62. The molecular weight excluding hydrogens is 206 g/mol. The standard InChI is InChI=1S/C6H5N5S2/c7-3-2-4(9-1-8-3)10-6(13)11-5(2)12/h1H,(H4,7,8,9,10,11,12,13). The van der Waals surface area contributed by atoms with E-state index in [0.717, 1.165) is 0 Å². The minimum absolute atomic E-state index is 0.345. The molecule has 0 aliphatic heterocycles. The van der Waals surface area contributed by atoms with Crippen LogP contribution in [-0.2, 0) is 0 Å². The lowest BCUT2D eigenvalue weighted by molar-refractivity contribution is 1.11. The smallest absolute Gasteiger partial charge is 0.177 e. The zero-order chi connectivity index (χ0) is 9.42. The molecule has 0 amide bonds. The number of H-pyrrole nitrogens is 2. The van der Waals surface area contributed by atoms with Gasteiger partial charge in [-0.1, -0.05) is 12.2 Å². The molecule has 2 aromatic rings. The zero-order valence-corrected chi connectivity index (χ0v) is 8.00. The normalized spacial score (nSPS) is 10.5. The molecule has 7 heteroatoms. The molecule has 0 fully saturated rings. The molecule has 0 bridgehead atoms. The fraction of sp³-hybridized carbons (Fsp3) is 0. The van der Waals surface area contributed by atoms with E-state index in [2.05, 4.69) is 19.9 Å². The van der Waals surface area contributed by atoms with Crippen LogP contribution in [0.3, 0.4) is 0 Å². The van der Waals surface area contributed by atoms with Crippen LogP contribution in [0.15, 0.2) is 6.33 Å². The van der Waals surface area contributed by atoms with E-state index in [0.29, 0.717) is 26.3 Å². The number of nitrogens with zero attached hydrogens (tertiary/aromatic N) is 2. The lowest BCUT2D eigenvalue weighted by atomic mass is 10.4. The van der Waals surface area contributed by atoms with E-state index in [1.165, 1.54) is 6.33 Å². The fourth-order valence-corrected chi connectivity index (χ4v) is 1.59. The summed E-state index contributed by atoms with van der Waals surface area (Å²) in [6.45, 7) is 0. The van der Waals surface area contributed by atoms with Gasteiger partial charge in [0.25, 0.3) is 0 Å². The molecule has 0 aromatic carbocycles. The second-order valence-electron chi connectivity index (χ2n) is 2.39.